The number of methoxy groups -OCH3 is 2. The molecule has 118 valence electrons. The molecule has 0 bridgehead atoms. The Morgan fingerprint density at radius 1 is 1.30 bits per heavy atom. The number of carbonyl (C=O) groups excluding carboxylic acids is 1. The second-order valence-corrected chi connectivity index (χ2v) is 4.80. The number of nitrogens with two attached hydrogens (primary N) is 1. The number of amides is 1. The number of rotatable bonds is 10. The molecule has 7 nitrogen and oxygen atoms in total. The van der Waals surface area contributed by atoms with Gasteiger partial charge in [0.1, 0.15) is 5.41 Å². The summed E-state index contributed by atoms with van der Waals surface area (Å²) in [7, 11) is 3.20. The second-order valence-electron chi connectivity index (χ2n) is 4.80. The number of carbonyl (C=O) groups is 1. The minimum atomic E-state index is -1.00. The zero-order valence-corrected chi connectivity index (χ0v) is 12.9. The van der Waals surface area contributed by atoms with Gasteiger partial charge < -0.3 is 25.3 Å². The summed E-state index contributed by atoms with van der Waals surface area (Å²) in [6.45, 7) is 5.54. The van der Waals surface area contributed by atoms with Crippen LogP contribution in [0.5, 0.6) is 0 Å². The van der Waals surface area contributed by atoms with Crippen molar-refractivity contribution in [1.29, 1.82) is 0 Å². The fraction of sp³-hybridized carbons (Fsp3) is 0.846. The number of hydrogen-bond donors (Lipinski definition) is 2. The highest BCUT2D eigenvalue weighted by Crippen LogP contribution is 2.24. The van der Waals surface area contributed by atoms with E-state index in [1.54, 1.807) is 26.0 Å². The quantitative estimate of drug-likeness (QED) is 0.202. The van der Waals surface area contributed by atoms with Crippen molar-refractivity contribution in [2.24, 2.45) is 16.3 Å². The van der Waals surface area contributed by atoms with Gasteiger partial charge >= 0.3 is 0 Å². The third kappa shape index (κ3) is 4.97. The maximum atomic E-state index is 12.7. The molecular formula is C13H27N3O4. The largest absolute Gasteiger partial charge is 0.409 e. The van der Waals surface area contributed by atoms with Crippen LogP contribution in [0.2, 0.25) is 0 Å². The van der Waals surface area contributed by atoms with Gasteiger partial charge in [0.25, 0.3) is 0 Å². The normalized spacial score (nSPS) is 14.9. The molecule has 20 heavy (non-hydrogen) atoms. The Morgan fingerprint density at radius 3 is 2.35 bits per heavy atom. The van der Waals surface area contributed by atoms with Gasteiger partial charge in [0.15, 0.2) is 5.84 Å². The van der Waals surface area contributed by atoms with E-state index in [2.05, 4.69) is 5.16 Å². The average molecular weight is 289 g/mol. The van der Waals surface area contributed by atoms with Crippen LogP contribution in [0.1, 0.15) is 26.7 Å². The third-order valence-electron chi connectivity index (χ3n) is 3.48. The Balaban J connectivity index is 4.97. The molecule has 7 heteroatoms. The average Bonchev–Trinajstić information content (AvgIpc) is 2.48. The third-order valence-corrected chi connectivity index (χ3v) is 3.48. The minimum absolute atomic E-state index is 0.0702. The van der Waals surface area contributed by atoms with Crippen molar-refractivity contribution in [2.45, 2.75) is 26.7 Å². The van der Waals surface area contributed by atoms with E-state index in [9.17, 15) is 4.79 Å². The van der Waals surface area contributed by atoms with E-state index in [1.165, 1.54) is 0 Å². The minimum Gasteiger partial charge on any atom is -0.409 e. The molecule has 0 aliphatic carbocycles. The van der Waals surface area contributed by atoms with Crippen LogP contribution in [0.3, 0.4) is 0 Å². The summed E-state index contributed by atoms with van der Waals surface area (Å²) >= 11 is 0. The van der Waals surface area contributed by atoms with Crippen LogP contribution in [0.25, 0.3) is 0 Å². The van der Waals surface area contributed by atoms with Crippen LogP contribution in [0.4, 0.5) is 0 Å². The monoisotopic (exact) mass is 289 g/mol. The first-order valence-electron chi connectivity index (χ1n) is 6.73. The predicted octanol–water partition coefficient (Wildman–Crippen LogP) is 0.661. The fourth-order valence-electron chi connectivity index (χ4n) is 1.82. The van der Waals surface area contributed by atoms with Gasteiger partial charge in [-0.3, -0.25) is 4.79 Å². The summed E-state index contributed by atoms with van der Waals surface area (Å²) in [4.78, 5) is 14.3. The van der Waals surface area contributed by atoms with E-state index in [-0.39, 0.29) is 11.7 Å². The summed E-state index contributed by atoms with van der Waals surface area (Å²) in [5.74, 6) is -0.234. The van der Waals surface area contributed by atoms with E-state index in [0.29, 0.717) is 32.7 Å². The van der Waals surface area contributed by atoms with Crippen LogP contribution in [-0.4, -0.2) is 62.4 Å². The summed E-state index contributed by atoms with van der Waals surface area (Å²) < 4.78 is 10.0. The van der Waals surface area contributed by atoms with Gasteiger partial charge in [-0.1, -0.05) is 12.1 Å². The van der Waals surface area contributed by atoms with Crippen LogP contribution in [-0.2, 0) is 14.3 Å². The summed E-state index contributed by atoms with van der Waals surface area (Å²) in [6, 6.07) is 0. The molecular weight excluding hydrogens is 262 g/mol. The maximum absolute atomic E-state index is 12.7. The van der Waals surface area contributed by atoms with Crippen molar-refractivity contribution in [3.63, 3.8) is 0 Å². The van der Waals surface area contributed by atoms with Gasteiger partial charge in [-0.25, -0.2) is 0 Å². The van der Waals surface area contributed by atoms with E-state index in [1.807, 2.05) is 6.92 Å². The van der Waals surface area contributed by atoms with Gasteiger partial charge in [0.05, 0.1) is 6.61 Å². The molecule has 3 N–H and O–H groups in total. The number of nitrogens with zero attached hydrogens (tertiary/aromatic N) is 2. The Morgan fingerprint density at radius 2 is 1.90 bits per heavy atom. The molecule has 1 unspecified atom stereocenters. The predicted molar refractivity (Wildman–Crippen MR) is 76.8 cm³/mol. The Labute approximate surface area is 120 Å². The molecule has 0 saturated heterocycles. The number of hydrogen-bond acceptors (Lipinski definition) is 5. The topological polar surface area (TPSA) is 97.4 Å². The summed E-state index contributed by atoms with van der Waals surface area (Å²) in [5.41, 5.74) is 4.68. The fourth-order valence-corrected chi connectivity index (χ4v) is 1.82. The molecule has 1 amide bonds. The molecule has 0 aromatic rings. The highest BCUT2D eigenvalue weighted by Gasteiger charge is 2.39. The van der Waals surface area contributed by atoms with Crippen molar-refractivity contribution >= 4 is 11.7 Å². The van der Waals surface area contributed by atoms with Crippen LogP contribution >= 0.6 is 0 Å². The zero-order chi connectivity index (χ0) is 15.6. The molecule has 0 spiro atoms. The van der Waals surface area contributed by atoms with Crippen molar-refractivity contribution in [3.05, 3.63) is 0 Å². The van der Waals surface area contributed by atoms with E-state index < -0.39 is 5.41 Å². The van der Waals surface area contributed by atoms with Gasteiger partial charge in [-0.15, -0.1) is 0 Å². The van der Waals surface area contributed by atoms with Gasteiger partial charge in [0, 0.05) is 33.9 Å². The van der Waals surface area contributed by atoms with Gasteiger partial charge in [-0.2, -0.15) is 0 Å². The lowest BCUT2D eigenvalue weighted by molar-refractivity contribution is -0.138. The van der Waals surface area contributed by atoms with Crippen LogP contribution < -0.4 is 5.73 Å². The maximum Gasteiger partial charge on any atom is 0.236 e. The molecule has 0 aromatic carbocycles. The first-order valence-corrected chi connectivity index (χ1v) is 6.73. The Hall–Kier alpha value is -1.34. The summed E-state index contributed by atoms with van der Waals surface area (Å²) in [5, 5.41) is 11.9. The molecule has 0 aromatic heterocycles. The molecule has 0 saturated carbocycles. The van der Waals surface area contributed by atoms with Crippen molar-refractivity contribution < 1.29 is 19.5 Å². The standard InChI is InChI=1S/C13H27N3O4/c1-5-13(2,11(14)15-18)12(17)16(8-10-20-4)7-6-9-19-3/h18H,5-10H2,1-4H3,(H2,14,15). The highest BCUT2D eigenvalue weighted by molar-refractivity contribution is 6.06. The van der Waals surface area contributed by atoms with Gasteiger partial charge in [-0.05, 0) is 19.8 Å². The molecule has 0 aliphatic rings. The van der Waals surface area contributed by atoms with E-state index in [0.717, 1.165) is 6.42 Å². The number of oxime groups is 1. The number of amidine groups is 1. The van der Waals surface area contributed by atoms with Crippen LogP contribution in [0, 0.1) is 5.41 Å². The Bertz CT molecular complexity index is 323. The molecule has 0 heterocycles. The SMILES string of the molecule is CCC(C)(C(=O)N(CCCOC)CCOC)C(N)=NO. The lowest BCUT2D eigenvalue weighted by Gasteiger charge is -2.33. The van der Waals surface area contributed by atoms with Crippen molar-refractivity contribution in [2.75, 3.05) is 40.5 Å². The van der Waals surface area contributed by atoms with Crippen molar-refractivity contribution in [1.82, 2.24) is 4.90 Å². The smallest absolute Gasteiger partial charge is 0.236 e. The first kappa shape index (κ1) is 18.7. The second kappa shape index (κ2) is 9.55. The van der Waals surface area contributed by atoms with E-state index >= 15 is 0 Å². The number of ether oxygens (including phenoxy) is 2. The van der Waals surface area contributed by atoms with Crippen molar-refractivity contribution in [3.8, 4) is 0 Å². The summed E-state index contributed by atoms with van der Waals surface area (Å²) in [6.07, 6.45) is 1.18. The Kier molecular flexibility index (Phi) is 8.91. The van der Waals surface area contributed by atoms with Crippen LogP contribution in [0.15, 0.2) is 5.16 Å². The highest BCUT2D eigenvalue weighted by atomic mass is 16.5. The lowest BCUT2D eigenvalue weighted by atomic mass is 9.84. The molecule has 0 fully saturated rings. The zero-order valence-electron chi connectivity index (χ0n) is 12.9. The molecule has 0 radical (unpaired) electrons. The first-order chi connectivity index (χ1) is 9.47. The molecule has 0 aliphatic heterocycles. The van der Waals surface area contributed by atoms with Gasteiger partial charge in [0.2, 0.25) is 5.91 Å². The molecule has 1 atom stereocenters. The molecule has 0 rings (SSSR count). The van der Waals surface area contributed by atoms with E-state index in [4.69, 9.17) is 20.4 Å². The lowest BCUT2D eigenvalue weighted by Crippen LogP contribution is -2.50.